The van der Waals surface area contributed by atoms with Gasteiger partial charge in [-0.25, -0.2) is 0 Å². The maximum Gasteiger partial charge on any atom is 0.273 e. The number of nitrogens with one attached hydrogen (secondary N) is 2. The molecule has 0 atom stereocenters. The fraction of sp³-hybridized carbons (Fsp3) is 0.429. The highest BCUT2D eigenvalue weighted by atomic mass is 16.5. The Balaban J connectivity index is 1.96. The smallest absolute Gasteiger partial charge is 0.273 e. The third-order valence-electron chi connectivity index (χ3n) is 4.10. The van der Waals surface area contributed by atoms with Crippen LogP contribution in [0.25, 0.3) is 11.4 Å². The Morgan fingerprint density at radius 1 is 1.36 bits per heavy atom. The van der Waals surface area contributed by atoms with E-state index < -0.39 is 0 Å². The monoisotopic (exact) mass is 384 g/mol. The van der Waals surface area contributed by atoms with E-state index >= 15 is 0 Å². The predicted octanol–water partition coefficient (Wildman–Crippen LogP) is 2.88. The summed E-state index contributed by atoms with van der Waals surface area (Å²) in [6.45, 7) is 9.04. The summed E-state index contributed by atoms with van der Waals surface area (Å²) in [7, 11) is 0. The number of hydrogen-bond donors (Lipinski definition) is 2. The highest BCUT2D eigenvalue weighted by Gasteiger charge is 2.10. The fourth-order valence-corrected chi connectivity index (χ4v) is 2.47. The summed E-state index contributed by atoms with van der Waals surface area (Å²) in [6, 6.07) is 7.28. The van der Waals surface area contributed by atoms with Gasteiger partial charge in [0, 0.05) is 24.9 Å². The van der Waals surface area contributed by atoms with E-state index in [-0.39, 0.29) is 30.0 Å². The molecule has 7 nitrogen and oxygen atoms in total. The molecule has 0 aliphatic heterocycles. The van der Waals surface area contributed by atoms with Crippen molar-refractivity contribution < 1.29 is 9.53 Å². The lowest BCUT2D eigenvalue weighted by atomic mass is 10.1. The number of carbonyl (C=O) groups excluding carboxylic acids is 1. The van der Waals surface area contributed by atoms with E-state index in [0.29, 0.717) is 36.2 Å². The molecule has 2 aromatic rings. The van der Waals surface area contributed by atoms with Crippen molar-refractivity contribution in [3.05, 3.63) is 53.0 Å². The molecule has 0 aliphatic carbocycles. The van der Waals surface area contributed by atoms with Crippen LogP contribution >= 0.6 is 0 Å². The Bertz CT molecular complexity index is 846. The van der Waals surface area contributed by atoms with Gasteiger partial charge in [0.25, 0.3) is 5.56 Å². The Morgan fingerprint density at radius 3 is 2.89 bits per heavy atom. The number of rotatable bonds is 11. The minimum atomic E-state index is -0.335. The zero-order valence-electron chi connectivity index (χ0n) is 16.5. The summed E-state index contributed by atoms with van der Waals surface area (Å²) in [5.74, 6) is 1.50. The van der Waals surface area contributed by atoms with Crippen LogP contribution in [0.15, 0.2) is 41.7 Å². The molecular weight excluding hydrogens is 356 g/mol. The van der Waals surface area contributed by atoms with Gasteiger partial charge in [-0.1, -0.05) is 32.1 Å². The second-order valence-electron chi connectivity index (χ2n) is 6.94. The van der Waals surface area contributed by atoms with Crippen molar-refractivity contribution in [2.45, 2.75) is 39.5 Å². The molecule has 2 N–H and O–H groups in total. The summed E-state index contributed by atoms with van der Waals surface area (Å²) in [6.07, 6.45) is 3.93. The summed E-state index contributed by atoms with van der Waals surface area (Å²) in [5.41, 5.74) is 0.623. The summed E-state index contributed by atoms with van der Waals surface area (Å²) in [5, 5.41) is 11.0. The van der Waals surface area contributed by atoms with Gasteiger partial charge in [0.05, 0.1) is 6.61 Å². The average Bonchev–Trinajstić information content (AvgIpc) is 2.67. The lowest BCUT2D eigenvalue weighted by Gasteiger charge is -2.08. The molecule has 150 valence electrons. The van der Waals surface area contributed by atoms with Gasteiger partial charge >= 0.3 is 0 Å². The van der Waals surface area contributed by atoms with E-state index in [4.69, 9.17) is 4.74 Å². The van der Waals surface area contributed by atoms with Crippen LogP contribution in [0.3, 0.4) is 0 Å². The summed E-state index contributed by atoms with van der Waals surface area (Å²) >= 11 is 0. The standard InChI is InChI=1S/C21H28N4O3/c1-4-5-13-28-17-8-6-7-16(14-17)20-23-21(27)18(24-25-20)9-10-19(26)22-12-11-15(2)3/h4,6-8,14-15H,1,5,9-13H2,2-3H3,(H,22,26)(H,23,25,27). The van der Waals surface area contributed by atoms with Crippen LogP contribution in [0.4, 0.5) is 0 Å². The highest BCUT2D eigenvalue weighted by Crippen LogP contribution is 2.20. The van der Waals surface area contributed by atoms with Gasteiger partial charge in [0.1, 0.15) is 11.4 Å². The largest absolute Gasteiger partial charge is 0.493 e. The van der Waals surface area contributed by atoms with Gasteiger partial charge in [-0.15, -0.1) is 16.8 Å². The molecule has 0 radical (unpaired) electrons. The van der Waals surface area contributed by atoms with Crippen LogP contribution < -0.4 is 15.6 Å². The lowest BCUT2D eigenvalue weighted by Crippen LogP contribution is -2.27. The predicted molar refractivity (Wildman–Crippen MR) is 109 cm³/mol. The molecule has 0 saturated carbocycles. The third kappa shape index (κ3) is 6.98. The Kier molecular flexibility index (Phi) is 8.39. The second kappa shape index (κ2) is 11.0. The van der Waals surface area contributed by atoms with Crippen LogP contribution in [0.2, 0.25) is 0 Å². The number of ether oxygens (including phenoxy) is 1. The van der Waals surface area contributed by atoms with Crippen molar-refractivity contribution >= 4 is 5.91 Å². The fourth-order valence-electron chi connectivity index (χ4n) is 2.47. The van der Waals surface area contributed by atoms with Crippen LogP contribution in [-0.2, 0) is 11.2 Å². The van der Waals surface area contributed by atoms with Gasteiger partial charge in [-0.05, 0) is 30.9 Å². The van der Waals surface area contributed by atoms with Crippen molar-refractivity contribution in [2.75, 3.05) is 13.2 Å². The number of aryl methyl sites for hydroxylation is 1. The number of hydrogen-bond acceptors (Lipinski definition) is 5. The molecule has 1 amide bonds. The number of aromatic amines is 1. The van der Waals surface area contributed by atoms with E-state index in [1.54, 1.807) is 12.1 Å². The van der Waals surface area contributed by atoms with Crippen LogP contribution in [0, 0.1) is 5.92 Å². The first-order valence-electron chi connectivity index (χ1n) is 9.56. The lowest BCUT2D eigenvalue weighted by molar-refractivity contribution is -0.121. The molecule has 0 aliphatic rings. The molecule has 7 heteroatoms. The van der Waals surface area contributed by atoms with Crippen molar-refractivity contribution in [3.63, 3.8) is 0 Å². The highest BCUT2D eigenvalue weighted by molar-refractivity contribution is 5.76. The van der Waals surface area contributed by atoms with E-state index in [9.17, 15) is 9.59 Å². The van der Waals surface area contributed by atoms with E-state index in [2.05, 4.69) is 40.9 Å². The third-order valence-corrected chi connectivity index (χ3v) is 4.10. The second-order valence-corrected chi connectivity index (χ2v) is 6.94. The zero-order chi connectivity index (χ0) is 20.4. The summed E-state index contributed by atoms with van der Waals surface area (Å²) < 4.78 is 5.62. The van der Waals surface area contributed by atoms with Gasteiger partial charge < -0.3 is 15.0 Å². The van der Waals surface area contributed by atoms with Crippen molar-refractivity contribution in [1.29, 1.82) is 0 Å². The molecular formula is C21H28N4O3. The number of aromatic nitrogens is 3. The molecule has 0 fully saturated rings. The van der Waals surface area contributed by atoms with E-state index in [1.807, 2.05) is 18.2 Å². The maximum atomic E-state index is 12.3. The first-order valence-corrected chi connectivity index (χ1v) is 9.56. The van der Waals surface area contributed by atoms with Gasteiger partial charge in [0.2, 0.25) is 5.91 Å². The number of carbonyl (C=O) groups is 1. The SMILES string of the molecule is C=CCCOc1cccc(-c2nnc(CCC(=O)NCCC(C)C)c(=O)[nH]2)c1. The van der Waals surface area contributed by atoms with E-state index in [1.165, 1.54) is 0 Å². The number of benzene rings is 1. The molecule has 28 heavy (non-hydrogen) atoms. The van der Waals surface area contributed by atoms with Crippen molar-refractivity contribution in [2.24, 2.45) is 5.92 Å². The number of amides is 1. The Labute approximate surface area is 165 Å². The molecule has 1 aromatic heterocycles. The quantitative estimate of drug-likeness (QED) is 0.459. The first-order chi connectivity index (χ1) is 13.5. The van der Waals surface area contributed by atoms with E-state index in [0.717, 1.165) is 12.8 Å². The molecule has 0 bridgehead atoms. The normalized spacial score (nSPS) is 10.7. The van der Waals surface area contributed by atoms with Gasteiger partial charge in [0.15, 0.2) is 5.82 Å². The van der Waals surface area contributed by atoms with Gasteiger partial charge in [-0.3, -0.25) is 9.59 Å². The van der Waals surface area contributed by atoms with Crippen LogP contribution in [0.5, 0.6) is 5.75 Å². The minimum absolute atomic E-state index is 0.0877. The van der Waals surface area contributed by atoms with Crippen molar-refractivity contribution in [3.8, 4) is 17.1 Å². The van der Waals surface area contributed by atoms with Gasteiger partial charge in [-0.2, -0.15) is 0 Å². The molecule has 0 spiro atoms. The Morgan fingerprint density at radius 2 is 2.18 bits per heavy atom. The zero-order valence-corrected chi connectivity index (χ0v) is 16.5. The molecule has 2 rings (SSSR count). The first kappa shape index (κ1) is 21.3. The maximum absolute atomic E-state index is 12.3. The minimum Gasteiger partial charge on any atom is -0.493 e. The molecule has 0 saturated heterocycles. The molecule has 0 unspecified atom stereocenters. The topological polar surface area (TPSA) is 97.0 Å². The van der Waals surface area contributed by atoms with Crippen molar-refractivity contribution in [1.82, 2.24) is 20.5 Å². The van der Waals surface area contributed by atoms with Crippen LogP contribution in [-0.4, -0.2) is 34.2 Å². The van der Waals surface area contributed by atoms with Crippen LogP contribution in [0.1, 0.15) is 38.8 Å². The molecule has 1 aromatic carbocycles. The molecule has 1 heterocycles. The number of H-pyrrole nitrogens is 1. The summed E-state index contributed by atoms with van der Waals surface area (Å²) in [4.78, 5) is 26.9. The number of nitrogens with zero attached hydrogens (tertiary/aromatic N) is 2. The Hall–Kier alpha value is -2.96. The average molecular weight is 384 g/mol.